The van der Waals surface area contributed by atoms with Gasteiger partial charge in [0.1, 0.15) is 5.75 Å². The number of fused-ring (bicyclic) bond motifs is 3. The molecule has 0 spiro atoms. The van der Waals surface area contributed by atoms with Crippen LogP contribution in [0.1, 0.15) is 55.6 Å². The molecule has 0 radical (unpaired) electrons. The van der Waals surface area contributed by atoms with Crippen LogP contribution in [0, 0.1) is 22.0 Å². The van der Waals surface area contributed by atoms with Crippen molar-refractivity contribution in [3.05, 3.63) is 63.7 Å². The van der Waals surface area contributed by atoms with Gasteiger partial charge in [-0.05, 0) is 79.7 Å². The molecule has 3 N–H and O–H groups in total. The van der Waals surface area contributed by atoms with Crippen LogP contribution in [-0.2, 0) is 16.4 Å². The molecule has 1 saturated carbocycles. The summed E-state index contributed by atoms with van der Waals surface area (Å²) in [5.41, 5.74) is 2.15. The molecule has 0 amide bonds. The van der Waals surface area contributed by atoms with E-state index >= 15 is 0 Å². The van der Waals surface area contributed by atoms with Gasteiger partial charge in [0.2, 0.25) is 10.0 Å². The third-order valence-electron chi connectivity index (χ3n) is 7.91. The second kappa shape index (κ2) is 10.2. The van der Waals surface area contributed by atoms with Gasteiger partial charge in [0.25, 0.3) is 5.69 Å². The van der Waals surface area contributed by atoms with Crippen molar-refractivity contribution < 1.29 is 18.4 Å². The smallest absolute Gasteiger partial charge is 0.289 e. The lowest BCUT2D eigenvalue weighted by Crippen LogP contribution is -2.34. The standard InChI is InChI=1S/C26H32N4O5S/c31-20-10-11-21-19(13-20)9-12-23-22(21)14-26(29-23)27-15-17-5-7-18(8-6-17)16-28-36(34,35)25-4-2-1-3-24(25)30(32)33/h1-4,10-11,13,17-18,22-23,28,31H,5-9,12,14-16H2,(H,27,29)/t17?,18?,22-,23+/m0/s1. The zero-order valence-electron chi connectivity index (χ0n) is 20.1. The van der Waals surface area contributed by atoms with Crippen molar-refractivity contribution in [3.8, 4) is 5.75 Å². The highest BCUT2D eigenvalue weighted by molar-refractivity contribution is 7.89. The Morgan fingerprint density at radius 3 is 2.50 bits per heavy atom. The fourth-order valence-electron chi connectivity index (χ4n) is 5.90. The van der Waals surface area contributed by atoms with E-state index in [-0.39, 0.29) is 10.8 Å². The summed E-state index contributed by atoms with van der Waals surface area (Å²) in [4.78, 5) is 15.2. The lowest BCUT2D eigenvalue weighted by molar-refractivity contribution is -0.387. The highest BCUT2D eigenvalue weighted by Crippen LogP contribution is 2.41. The van der Waals surface area contributed by atoms with Crippen molar-refractivity contribution in [2.45, 2.75) is 61.8 Å². The molecule has 9 nitrogen and oxygen atoms in total. The number of aromatic hydroxyl groups is 1. The summed E-state index contributed by atoms with van der Waals surface area (Å²) >= 11 is 0. The quantitative estimate of drug-likeness (QED) is 0.381. The molecule has 1 fully saturated rings. The summed E-state index contributed by atoms with van der Waals surface area (Å²) in [6.07, 6.45) is 6.72. The number of phenolic OH excluding ortho intramolecular Hbond substituents is 1. The van der Waals surface area contributed by atoms with Gasteiger partial charge in [0.05, 0.1) is 16.8 Å². The largest absolute Gasteiger partial charge is 0.508 e. The number of nitrogens with one attached hydrogen (secondary N) is 2. The maximum absolute atomic E-state index is 12.7. The Bertz CT molecular complexity index is 1270. The Balaban J connectivity index is 1.08. The number of hydrogen-bond acceptors (Lipinski definition) is 7. The predicted molar refractivity (Wildman–Crippen MR) is 137 cm³/mol. The minimum atomic E-state index is -3.94. The normalized spacial score (nSPS) is 25.5. The van der Waals surface area contributed by atoms with E-state index in [9.17, 15) is 23.6 Å². The van der Waals surface area contributed by atoms with Crippen molar-refractivity contribution in [3.63, 3.8) is 0 Å². The monoisotopic (exact) mass is 512 g/mol. The van der Waals surface area contributed by atoms with Crippen molar-refractivity contribution in [2.24, 2.45) is 16.8 Å². The van der Waals surface area contributed by atoms with Gasteiger partial charge in [-0.25, -0.2) is 13.1 Å². The van der Waals surface area contributed by atoms with Gasteiger partial charge < -0.3 is 10.4 Å². The maximum Gasteiger partial charge on any atom is 0.289 e. The molecule has 1 heterocycles. The number of aryl methyl sites for hydroxylation is 1. The number of hydrogen-bond donors (Lipinski definition) is 3. The van der Waals surface area contributed by atoms with Crippen LogP contribution in [-0.4, -0.2) is 43.4 Å². The Labute approximate surface area is 211 Å². The van der Waals surface area contributed by atoms with Crippen LogP contribution in [0.2, 0.25) is 0 Å². The minimum absolute atomic E-state index is 0.221. The third-order valence-corrected chi connectivity index (χ3v) is 9.38. The van der Waals surface area contributed by atoms with Gasteiger partial charge in [-0.15, -0.1) is 0 Å². The molecule has 192 valence electrons. The lowest BCUT2D eigenvalue weighted by Gasteiger charge is -2.29. The molecule has 0 saturated heterocycles. The van der Waals surface area contributed by atoms with Crippen LogP contribution in [0.3, 0.4) is 0 Å². The lowest BCUT2D eigenvalue weighted by atomic mass is 9.79. The van der Waals surface area contributed by atoms with Gasteiger partial charge in [0.15, 0.2) is 4.90 Å². The summed E-state index contributed by atoms with van der Waals surface area (Å²) in [7, 11) is -3.94. The van der Waals surface area contributed by atoms with Gasteiger partial charge in [-0.2, -0.15) is 0 Å². The highest BCUT2D eigenvalue weighted by Gasteiger charge is 2.35. The second-order valence-electron chi connectivity index (χ2n) is 10.2. The van der Waals surface area contributed by atoms with Gasteiger partial charge >= 0.3 is 0 Å². The van der Waals surface area contributed by atoms with E-state index in [4.69, 9.17) is 4.99 Å². The van der Waals surface area contributed by atoms with Crippen LogP contribution in [0.5, 0.6) is 5.75 Å². The van der Waals surface area contributed by atoms with Crippen LogP contribution in [0.4, 0.5) is 5.69 Å². The number of rotatable bonds is 7. The number of benzene rings is 2. The molecular formula is C26H32N4O5S. The van der Waals surface area contributed by atoms with Gasteiger partial charge in [-0.1, -0.05) is 18.2 Å². The fourth-order valence-corrected chi connectivity index (χ4v) is 7.19. The molecule has 1 aliphatic heterocycles. The van der Waals surface area contributed by atoms with E-state index in [2.05, 4.69) is 10.0 Å². The molecule has 2 aromatic carbocycles. The number of phenols is 1. The molecule has 0 aromatic heterocycles. The van der Waals surface area contributed by atoms with Crippen LogP contribution in [0.25, 0.3) is 0 Å². The molecule has 3 aliphatic rings. The number of nitro groups is 1. The van der Waals surface area contributed by atoms with Crippen LogP contribution < -0.4 is 10.0 Å². The Morgan fingerprint density at radius 1 is 1.03 bits per heavy atom. The molecule has 0 bridgehead atoms. The molecule has 5 rings (SSSR count). The van der Waals surface area contributed by atoms with E-state index in [1.54, 1.807) is 6.07 Å². The molecule has 2 aliphatic carbocycles. The summed E-state index contributed by atoms with van der Waals surface area (Å²) in [5.74, 6) is 2.53. The van der Waals surface area contributed by atoms with Gasteiger partial charge in [0, 0.05) is 31.5 Å². The van der Waals surface area contributed by atoms with E-state index < -0.39 is 20.6 Å². The topological polar surface area (TPSA) is 134 Å². The Morgan fingerprint density at radius 2 is 1.75 bits per heavy atom. The molecule has 0 unspecified atom stereocenters. The number of aliphatic imine (C=N–C) groups is 1. The molecule has 2 atom stereocenters. The zero-order chi connectivity index (χ0) is 25.3. The average molecular weight is 513 g/mol. The number of amidine groups is 1. The van der Waals surface area contributed by atoms with Crippen molar-refractivity contribution in [1.82, 2.24) is 10.0 Å². The summed E-state index contributed by atoms with van der Waals surface area (Å²) < 4.78 is 27.9. The van der Waals surface area contributed by atoms with E-state index in [0.717, 1.165) is 57.3 Å². The number of para-hydroxylation sites is 1. The van der Waals surface area contributed by atoms with E-state index in [1.807, 2.05) is 12.1 Å². The first-order chi connectivity index (χ1) is 17.3. The second-order valence-corrected chi connectivity index (χ2v) is 12.0. The van der Waals surface area contributed by atoms with E-state index in [1.165, 1.54) is 35.4 Å². The molecule has 36 heavy (non-hydrogen) atoms. The number of nitrogens with zero attached hydrogens (tertiary/aromatic N) is 2. The summed E-state index contributed by atoms with van der Waals surface area (Å²) in [6.45, 7) is 1.16. The maximum atomic E-state index is 12.7. The van der Waals surface area contributed by atoms with Crippen molar-refractivity contribution in [1.29, 1.82) is 0 Å². The number of nitro benzene ring substituents is 1. The number of sulfonamides is 1. The highest BCUT2D eigenvalue weighted by atomic mass is 32.2. The first-order valence-corrected chi connectivity index (χ1v) is 14.1. The Hall–Kier alpha value is -2.98. The van der Waals surface area contributed by atoms with Crippen molar-refractivity contribution in [2.75, 3.05) is 13.1 Å². The molecular weight excluding hydrogens is 480 g/mol. The Kier molecular flexibility index (Phi) is 6.98. The summed E-state index contributed by atoms with van der Waals surface area (Å²) in [6, 6.07) is 11.4. The molecule has 2 aromatic rings. The average Bonchev–Trinajstić information content (AvgIpc) is 3.30. The zero-order valence-corrected chi connectivity index (χ0v) is 20.9. The summed E-state index contributed by atoms with van der Waals surface area (Å²) in [5, 5.41) is 24.6. The first kappa shape index (κ1) is 24.7. The van der Waals surface area contributed by atoms with Crippen molar-refractivity contribution >= 4 is 21.5 Å². The van der Waals surface area contributed by atoms with E-state index in [0.29, 0.717) is 30.2 Å². The van der Waals surface area contributed by atoms with Gasteiger partial charge in [-0.3, -0.25) is 15.1 Å². The SMILES string of the molecule is O=[N+]([O-])c1ccccc1S(=O)(=O)NCC1CCC(CNC2=N[C@@H]3CCc4cc(O)ccc4[C@@H]3C2)CC1. The van der Waals surface area contributed by atoms with Crippen LogP contribution >= 0.6 is 0 Å². The molecule has 10 heteroatoms. The minimum Gasteiger partial charge on any atom is -0.508 e. The first-order valence-electron chi connectivity index (χ1n) is 12.7. The third kappa shape index (κ3) is 5.24. The predicted octanol–water partition coefficient (Wildman–Crippen LogP) is 3.88. The van der Waals surface area contributed by atoms with Crippen LogP contribution in [0.15, 0.2) is 52.4 Å². The fraction of sp³-hybridized carbons (Fsp3) is 0.500.